The maximum Gasteiger partial charge on any atom is 0.219 e. The molecule has 1 heterocycles. The molecule has 0 spiro atoms. The lowest BCUT2D eigenvalue weighted by Gasteiger charge is -2.19. The molecule has 1 aliphatic heterocycles. The largest absolute Gasteiger partial charge is 0.342 e. The minimum atomic E-state index is 0.159. The molecule has 0 atom stereocenters. The van der Waals surface area contributed by atoms with E-state index in [9.17, 15) is 4.79 Å². The van der Waals surface area contributed by atoms with Crippen LogP contribution in [0, 0.1) is 11.3 Å². The molecule has 0 aromatic carbocycles. The van der Waals surface area contributed by atoms with Gasteiger partial charge < -0.3 is 9.80 Å². The quantitative estimate of drug-likeness (QED) is 0.643. The van der Waals surface area contributed by atoms with E-state index in [1.54, 1.807) is 6.92 Å². The summed E-state index contributed by atoms with van der Waals surface area (Å²) in [6, 6.07) is 2.15. The number of nitrogens with zero attached hydrogens (tertiary/aromatic N) is 3. The summed E-state index contributed by atoms with van der Waals surface area (Å²) in [5.74, 6) is 0.159. The Balaban J connectivity index is 2.33. The Labute approximate surface area is 85.1 Å². The molecule has 0 aromatic rings. The molecule has 4 heteroatoms. The topological polar surface area (TPSA) is 47.3 Å². The van der Waals surface area contributed by atoms with Crippen molar-refractivity contribution in [2.24, 2.45) is 0 Å². The molecule has 1 amide bonds. The van der Waals surface area contributed by atoms with Crippen LogP contribution in [0.15, 0.2) is 0 Å². The predicted octanol–water partition coefficient (Wildman–Crippen LogP) is 0.454. The molecule has 1 aliphatic rings. The Kier molecular flexibility index (Phi) is 4.41. The fourth-order valence-corrected chi connectivity index (χ4v) is 1.72. The molecule has 0 aliphatic carbocycles. The summed E-state index contributed by atoms with van der Waals surface area (Å²) in [5.41, 5.74) is 0. The van der Waals surface area contributed by atoms with Crippen molar-refractivity contribution in [2.75, 3.05) is 32.7 Å². The zero-order valence-corrected chi connectivity index (χ0v) is 8.70. The van der Waals surface area contributed by atoms with Crippen LogP contribution in [0.25, 0.3) is 0 Å². The Morgan fingerprint density at radius 3 is 2.79 bits per heavy atom. The van der Waals surface area contributed by atoms with Gasteiger partial charge in [-0.2, -0.15) is 5.26 Å². The molecule has 0 saturated carbocycles. The van der Waals surface area contributed by atoms with Crippen LogP contribution in [0.3, 0.4) is 0 Å². The number of carbonyl (C=O) groups excluding carboxylic acids is 1. The van der Waals surface area contributed by atoms with Gasteiger partial charge in [-0.3, -0.25) is 4.79 Å². The highest BCUT2D eigenvalue weighted by atomic mass is 16.2. The molecular weight excluding hydrogens is 178 g/mol. The minimum absolute atomic E-state index is 0.159. The summed E-state index contributed by atoms with van der Waals surface area (Å²) in [7, 11) is 0. The van der Waals surface area contributed by atoms with Crippen molar-refractivity contribution in [3.63, 3.8) is 0 Å². The lowest BCUT2D eigenvalue weighted by atomic mass is 10.3. The lowest BCUT2D eigenvalue weighted by Crippen LogP contribution is -2.33. The van der Waals surface area contributed by atoms with Crippen LogP contribution < -0.4 is 0 Å². The van der Waals surface area contributed by atoms with Gasteiger partial charge in [0.15, 0.2) is 0 Å². The molecule has 0 N–H and O–H groups in total. The van der Waals surface area contributed by atoms with E-state index in [0.29, 0.717) is 6.42 Å². The second-order valence-electron chi connectivity index (χ2n) is 3.61. The van der Waals surface area contributed by atoms with E-state index >= 15 is 0 Å². The van der Waals surface area contributed by atoms with Crippen LogP contribution in [-0.4, -0.2) is 48.4 Å². The molecule has 1 saturated heterocycles. The highest BCUT2D eigenvalue weighted by Gasteiger charge is 2.15. The van der Waals surface area contributed by atoms with Crippen molar-refractivity contribution in [1.29, 1.82) is 5.26 Å². The minimum Gasteiger partial charge on any atom is -0.342 e. The number of nitriles is 1. The Morgan fingerprint density at radius 2 is 2.14 bits per heavy atom. The number of carbonyl (C=O) groups is 1. The summed E-state index contributed by atoms with van der Waals surface area (Å²) in [4.78, 5) is 15.3. The van der Waals surface area contributed by atoms with E-state index in [2.05, 4.69) is 11.0 Å². The van der Waals surface area contributed by atoms with Gasteiger partial charge in [-0.15, -0.1) is 0 Å². The van der Waals surface area contributed by atoms with Crippen LogP contribution in [0.2, 0.25) is 0 Å². The highest BCUT2D eigenvalue weighted by molar-refractivity contribution is 5.73. The van der Waals surface area contributed by atoms with Gasteiger partial charge in [0.1, 0.15) is 0 Å². The van der Waals surface area contributed by atoms with E-state index in [-0.39, 0.29) is 5.91 Å². The Morgan fingerprint density at radius 1 is 1.36 bits per heavy atom. The SMILES string of the molecule is CC(=O)N1CCCN(CCC#N)CC1. The molecule has 0 aromatic heterocycles. The number of rotatable bonds is 2. The van der Waals surface area contributed by atoms with Gasteiger partial charge in [-0.1, -0.05) is 0 Å². The van der Waals surface area contributed by atoms with Crippen molar-refractivity contribution in [2.45, 2.75) is 19.8 Å². The van der Waals surface area contributed by atoms with Crippen LogP contribution in [0.1, 0.15) is 19.8 Å². The summed E-state index contributed by atoms with van der Waals surface area (Å²) in [6.45, 7) is 6.03. The first kappa shape index (κ1) is 11.0. The molecule has 0 unspecified atom stereocenters. The van der Waals surface area contributed by atoms with E-state index < -0.39 is 0 Å². The van der Waals surface area contributed by atoms with Crippen LogP contribution >= 0.6 is 0 Å². The number of amides is 1. The molecule has 78 valence electrons. The average molecular weight is 195 g/mol. The number of hydrogen-bond acceptors (Lipinski definition) is 3. The third-order valence-corrected chi connectivity index (χ3v) is 2.57. The first-order valence-electron chi connectivity index (χ1n) is 5.09. The Bertz CT molecular complexity index is 234. The van der Waals surface area contributed by atoms with E-state index in [4.69, 9.17) is 5.26 Å². The number of hydrogen-bond donors (Lipinski definition) is 0. The zero-order valence-electron chi connectivity index (χ0n) is 8.70. The van der Waals surface area contributed by atoms with Crippen molar-refractivity contribution in [3.8, 4) is 6.07 Å². The van der Waals surface area contributed by atoms with Crippen molar-refractivity contribution < 1.29 is 4.79 Å². The summed E-state index contributed by atoms with van der Waals surface area (Å²) in [5, 5.41) is 8.47. The van der Waals surface area contributed by atoms with Gasteiger partial charge in [-0.25, -0.2) is 0 Å². The maximum absolute atomic E-state index is 11.1. The first-order chi connectivity index (χ1) is 6.74. The molecule has 0 bridgehead atoms. The Hall–Kier alpha value is -1.08. The summed E-state index contributed by atoms with van der Waals surface area (Å²) in [6.07, 6.45) is 1.60. The maximum atomic E-state index is 11.1. The van der Waals surface area contributed by atoms with Crippen molar-refractivity contribution >= 4 is 5.91 Å². The second kappa shape index (κ2) is 5.61. The predicted molar refractivity (Wildman–Crippen MR) is 53.5 cm³/mol. The smallest absolute Gasteiger partial charge is 0.219 e. The van der Waals surface area contributed by atoms with Crippen molar-refractivity contribution in [3.05, 3.63) is 0 Å². The zero-order chi connectivity index (χ0) is 10.4. The molecule has 1 fully saturated rings. The molecule has 4 nitrogen and oxygen atoms in total. The monoisotopic (exact) mass is 195 g/mol. The van der Waals surface area contributed by atoms with Gasteiger partial charge in [-0.05, 0) is 13.0 Å². The average Bonchev–Trinajstić information content (AvgIpc) is 2.39. The van der Waals surface area contributed by atoms with Crippen LogP contribution in [0.5, 0.6) is 0 Å². The summed E-state index contributed by atoms with van der Waals surface area (Å²) >= 11 is 0. The highest BCUT2D eigenvalue weighted by Crippen LogP contribution is 2.03. The molecule has 0 radical (unpaired) electrons. The standard InChI is InChI=1S/C10H17N3O/c1-10(14)13-7-3-6-12(8-9-13)5-2-4-11/h2-3,5-9H2,1H3. The fourth-order valence-electron chi connectivity index (χ4n) is 1.72. The second-order valence-corrected chi connectivity index (χ2v) is 3.61. The van der Waals surface area contributed by atoms with E-state index in [1.165, 1.54) is 0 Å². The van der Waals surface area contributed by atoms with E-state index in [1.807, 2.05) is 4.90 Å². The lowest BCUT2D eigenvalue weighted by molar-refractivity contribution is -0.128. The van der Waals surface area contributed by atoms with Gasteiger partial charge in [0, 0.05) is 39.5 Å². The third-order valence-electron chi connectivity index (χ3n) is 2.57. The molecule has 1 rings (SSSR count). The molecular formula is C10H17N3O. The van der Waals surface area contributed by atoms with Gasteiger partial charge >= 0.3 is 0 Å². The normalized spacial score (nSPS) is 18.7. The third kappa shape index (κ3) is 3.35. The molecule has 14 heavy (non-hydrogen) atoms. The van der Waals surface area contributed by atoms with Crippen LogP contribution in [-0.2, 0) is 4.79 Å². The first-order valence-corrected chi connectivity index (χ1v) is 5.09. The van der Waals surface area contributed by atoms with Gasteiger partial charge in [0.05, 0.1) is 6.07 Å². The van der Waals surface area contributed by atoms with E-state index in [0.717, 1.165) is 39.1 Å². The summed E-state index contributed by atoms with van der Waals surface area (Å²) < 4.78 is 0. The fraction of sp³-hybridized carbons (Fsp3) is 0.800. The van der Waals surface area contributed by atoms with Gasteiger partial charge in [0.25, 0.3) is 0 Å². The van der Waals surface area contributed by atoms with Crippen LogP contribution in [0.4, 0.5) is 0 Å². The van der Waals surface area contributed by atoms with Crippen molar-refractivity contribution in [1.82, 2.24) is 9.80 Å². The van der Waals surface area contributed by atoms with Gasteiger partial charge in [0.2, 0.25) is 5.91 Å².